The lowest BCUT2D eigenvalue weighted by molar-refractivity contribution is 0.0934. The highest BCUT2D eigenvalue weighted by Gasteiger charge is 2.22. The third-order valence-electron chi connectivity index (χ3n) is 5.58. The van der Waals surface area contributed by atoms with Crippen molar-refractivity contribution in [1.29, 1.82) is 0 Å². The van der Waals surface area contributed by atoms with Crippen LogP contribution in [0.15, 0.2) is 35.1 Å². The zero-order valence-electron chi connectivity index (χ0n) is 15.7. The Bertz CT molecular complexity index is 960. The van der Waals surface area contributed by atoms with Crippen molar-refractivity contribution in [3.8, 4) is 10.4 Å². The van der Waals surface area contributed by atoms with E-state index in [9.17, 15) is 4.79 Å². The minimum absolute atomic E-state index is 0.0391. The molecule has 4 rings (SSSR count). The summed E-state index contributed by atoms with van der Waals surface area (Å²) in [6.07, 6.45) is 11.1. The predicted octanol–water partition coefficient (Wildman–Crippen LogP) is 5.08. The molecule has 3 heterocycles. The van der Waals surface area contributed by atoms with Crippen LogP contribution in [0.4, 0.5) is 0 Å². The second-order valence-corrected chi connectivity index (χ2v) is 9.44. The fourth-order valence-corrected chi connectivity index (χ4v) is 5.95. The predicted molar refractivity (Wildman–Crippen MR) is 119 cm³/mol. The van der Waals surface area contributed by atoms with Crippen LogP contribution >= 0.6 is 27.3 Å². The molecule has 4 N–H and O–H groups in total. The van der Waals surface area contributed by atoms with Crippen molar-refractivity contribution in [2.24, 2.45) is 11.7 Å². The van der Waals surface area contributed by atoms with Gasteiger partial charge in [-0.1, -0.05) is 32.1 Å². The molecule has 1 unspecified atom stereocenters. The molecule has 0 radical (unpaired) electrons. The van der Waals surface area contributed by atoms with Gasteiger partial charge in [0.2, 0.25) is 0 Å². The fraction of sp³-hybridized carbons (Fsp3) is 0.429. The molecular weight excluding hydrogens is 436 g/mol. The van der Waals surface area contributed by atoms with Gasteiger partial charge >= 0.3 is 0 Å². The van der Waals surface area contributed by atoms with E-state index >= 15 is 0 Å². The van der Waals surface area contributed by atoms with E-state index in [1.807, 2.05) is 24.4 Å². The number of rotatable bonds is 6. The van der Waals surface area contributed by atoms with Gasteiger partial charge in [0.05, 0.1) is 9.75 Å². The summed E-state index contributed by atoms with van der Waals surface area (Å²) >= 11 is 5.13. The van der Waals surface area contributed by atoms with Gasteiger partial charge in [-0.25, -0.2) is 4.98 Å². The van der Waals surface area contributed by atoms with Crippen molar-refractivity contribution < 1.29 is 4.79 Å². The van der Waals surface area contributed by atoms with Gasteiger partial charge in [-0.3, -0.25) is 4.79 Å². The molecule has 0 spiro atoms. The molecule has 1 fully saturated rings. The summed E-state index contributed by atoms with van der Waals surface area (Å²) in [6, 6.07) is 5.94. The number of nitrogens with two attached hydrogens (primary N) is 1. The van der Waals surface area contributed by atoms with E-state index in [1.165, 1.54) is 43.4 Å². The maximum Gasteiger partial charge on any atom is 0.261 e. The molecular formula is C21H25BrN4OS. The number of halogens is 1. The quantitative estimate of drug-likeness (QED) is 0.479. The fourth-order valence-electron chi connectivity index (χ4n) is 4.12. The zero-order chi connectivity index (χ0) is 19.5. The average molecular weight is 461 g/mol. The van der Waals surface area contributed by atoms with E-state index in [0.29, 0.717) is 17.3 Å². The Kier molecular flexibility index (Phi) is 6.13. The van der Waals surface area contributed by atoms with Crippen molar-refractivity contribution in [3.05, 3.63) is 39.9 Å². The number of thiophene rings is 1. The highest BCUT2D eigenvalue weighted by Crippen LogP contribution is 2.39. The van der Waals surface area contributed by atoms with Gasteiger partial charge in [-0.05, 0) is 46.5 Å². The lowest BCUT2D eigenvalue weighted by atomic mass is 9.85. The number of carbonyl (C=O) groups is 1. The second kappa shape index (κ2) is 8.76. The number of amides is 1. The lowest BCUT2D eigenvalue weighted by Crippen LogP contribution is -2.41. The summed E-state index contributed by atoms with van der Waals surface area (Å²) < 4.78 is 0.924. The first-order valence-corrected chi connectivity index (χ1v) is 11.5. The molecule has 1 aliphatic rings. The number of fused-ring (bicyclic) bond motifs is 1. The van der Waals surface area contributed by atoms with E-state index in [-0.39, 0.29) is 11.9 Å². The molecule has 0 saturated heterocycles. The van der Waals surface area contributed by atoms with Gasteiger partial charge in [0.1, 0.15) is 5.65 Å². The number of aromatic nitrogens is 2. The lowest BCUT2D eigenvalue weighted by Gasteiger charge is -2.26. The number of hydrogen-bond acceptors (Lipinski definition) is 4. The van der Waals surface area contributed by atoms with Crippen LogP contribution in [0.1, 0.15) is 48.2 Å². The van der Waals surface area contributed by atoms with E-state index in [2.05, 4.69) is 31.2 Å². The van der Waals surface area contributed by atoms with E-state index in [0.717, 1.165) is 32.4 Å². The van der Waals surface area contributed by atoms with Crippen LogP contribution in [-0.4, -0.2) is 28.5 Å². The van der Waals surface area contributed by atoms with Crippen LogP contribution in [0.3, 0.4) is 0 Å². The molecule has 1 amide bonds. The van der Waals surface area contributed by atoms with Crippen molar-refractivity contribution in [3.63, 3.8) is 0 Å². The van der Waals surface area contributed by atoms with Crippen molar-refractivity contribution >= 4 is 44.2 Å². The maximum absolute atomic E-state index is 12.9. The number of nitrogens with zero attached hydrogens (tertiary/aromatic N) is 1. The minimum atomic E-state index is -0.0393. The Morgan fingerprint density at radius 3 is 2.96 bits per heavy atom. The first-order chi connectivity index (χ1) is 13.7. The summed E-state index contributed by atoms with van der Waals surface area (Å²) in [5.74, 6) is 0.648. The highest BCUT2D eigenvalue weighted by atomic mass is 79.9. The Morgan fingerprint density at radius 2 is 2.18 bits per heavy atom. The summed E-state index contributed by atoms with van der Waals surface area (Å²) in [7, 11) is 0. The molecule has 7 heteroatoms. The van der Waals surface area contributed by atoms with Crippen molar-refractivity contribution in [2.75, 3.05) is 6.54 Å². The van der Waals surface area contributed by atoms with Crippen LogP contribution in [0, 0.1) is 5.92 Å². The molecule has 1 aliphatic carbocycles. The third kappa shape index (κ3) is 4.16. The first kappa shape index (κ1) is 19.6. The molecule has 1 saturated carbocycles. The summed E-state index contributed by atoms with van der Waals surface area (Å²) in [6.45, 7) is 0.482. The molecule has 28 heavy (non-hydrogen) atoms. The molecule has 5 nitrogen and oxygen atoms in total. The Hall–Kier alpha value is -1.70. The Balaban J connectivity index is 1.50. The van der Waals surface area contributed by atoms with Gasteiger partial charge in [0.15, 0.2) is 0 Å². The number of carbonyl (C=O) groups excluding carboxylic acids is 1. The molecule has 0 bridgehead atoms. The average Bonchev–Trinajstić information content (AvgIpc) is 3.34. The minimum Gasteiger partial charge on any atom is -0.347 e. The number of nitrogens with one attached hydrogen (secondary N) is 2. The van der Waals surface area contributed by atoms with Gasteiger partial charge in [0.25, 0.3) is 5.91 Å². The molecule has 0 aromatic carbocycles. The zero-order valence-corrected chi connectivity index (χ0v) is 18.1. The summed E-state index contributed by atoms with van der Waals surface area (Å²) in [5.41, 5.74) is 7.88. The van der Waals surface area contributed by atoms with E-state index < -0.39 is 0 Å². The number of aromatic amines is 1. The molecule has 148 valence electrons. The third-order valence-corrected chi connectivity index (χ3v) is 7.63. The SMILES string of the molecule is NCC(CC1CCCCC1)NC(=O)c1cc(Br)c(-c2ccnc3[nH]ccc23)s1. The van der Waals surface area contributed by atoms with Crippen LogP contribution in [0.25, 0.3) is 21.5 Å². The van der Waals surface area contributed by atoms with Crippen LogP contribution < -0.4 is 11.1 Å². The molecule has 0 aliphatic heterocycles. The van der Waals surface area contributed by atoms with Crippen LogP contribution in [0.5, 0.6) is 0 Å². The van der Waals surface area contributed by atoms with Gasteiger partial charge in [-0.2, -0.15) is 0 Å². The Morgan fingerprint density at radius 1 is 1.36 bits per heavy atom. The molecule has 1 atom stereocenters. The number of hydrogen-bond donors (Lipinski definition) is 3. The highest BCUT2D eigenvalue weighted by molar-refractivity contribution is 9.10. The van der Waals surface area contributed by atoms with E-state index in [4.69, 9.17) is 5.73 Å². The van der Waals surface area contributed by atoms with Gasteiger partial charge in [0, 0.05) is 40.4 Å². The second-order valence-electron chi connectivity index (χ2n) is 7.53. The summed E-state index contributed by atoms with van der Waals surface area (Å²) in [4.78, 5) is 22.1. The van der Waals surface area contributed by atoms with Crippen molar-refractivity contribution in [1.82, 2.24) is 15.3 Å². The topological polar surface area (TPSA) is 83.8 Å². The van der Waals surface area contributed by atoms with Crippen molar-refractivity contribution in [2.45, 2.75) is 44.6 Å². The largest absolute Gasteiger partial charge is 0.347 e. The van der Waals surface area contributed by atoms with Gasteiger partial charge < -0.3 is 16.0 Å². The standard InChI is InChI=1S/C21H25BrN4OS/c22-17-11-18(21(27)26-14(12-23)10-13-4-2-1-3-5-13)28-19(17)15-6-8-24-20-16(15)7-9-25-20/h6-9,11,13-14H,1-5,10,12,23H2,(H,24,25)(H,26,27). The Labute approximate surface area is 177 Å². The number of H-pyrrole nitrogens is 1. The summed E-state index contributed by atoms with van der Waals surface area (Å²) in [5, 5.41) is 4.21. The monoisotopic (exact) mass is 460 g/mol. The maximum atomic E-state index is 12.9. The first-order valence-electron chi connectivity index (χ1n) is 9.88. The van der Waals surface area contributed by atoms with E-state index in [1.54, 1.807) is 6.20 Å². The number of pyridine rings is 1. The smallest absolute Gasteiger partial charge is 0.261 e. The molecule has 3 aromatic rings. The van der Waals surface area contributed by atoms with Crippen LogP contribution in [0.2, 0.25) is 0 Å². The van der Waals surface area contributed by atoms with Gasteiger partial charge in [-0.15, -0.1) is 11.3 Å². The van der Waals surface area contributed by atoms with Crippen LogP contribution in [-0.2, 0) is 0 Å². The molecule has 3 aromatic heterocycles. The normalized spacial score (nSPS) is 16.4.